The molecule has 2 rings (SSSR count). The van der Waals surface area contributed by atoms with Gasteiger partial charge in [-0.15, -0.1) is 11.3 Å². The van der Waals surface area contributed by atoms with Gasteiger partial charge in [-0.2, -0.15) is 0 Å². The fraction of sp³-hybridized carbons (Fsp3) is 0.500. The lowest BCUT2D eigenvalue weighted by Gasteiger charge is -2.08. The van der Waals surface area contributed by atoms with Crippen LogP contribution in [-0.2, 0) is 16.0 Å². The molecule has 7 heteroatoms. The number of aromatic nitrogens is 1. The molecule has 1 N–H and O–H groups in total. The third kappa shape index (κ3) is 2.65. The highest BCUT2D eigenvalue weighted by Gasteiger charge is 2.34. The van der Waals surface area contributed by atoms with E-state index in [4.69, 9.17) is 5.11 Å². The minimum absolute atomic E-state index is 0.0544. The Labute approximate surface area is 114 Å². The molecule has 0 bridgehead atoms. The maximum absolute atomic E-state index is 11.6. The molecule has 0 saturated carbocycles. The van der Waals surface area contributed by atoms with Crippen molar-refractivity contribution < 1.29 is 19.5 Å². The zero-order chi connectivity index (χ0) is 14.2. The van der Waals surface area contributed by atoms with Crippen LogP contribution in [0.3, 0.4) is 0 Å². The number of rotatable bonds is 4. The quantitative estimate of drug-likeness (QED) is 0.849. The van der Waals surface area contributed by atoms with Gasteiger partial charge in [-0.3, -0.25) is 9.59 Å². The Morgan fingerprint density at radius 3 is 2.42 bits per heavy atom. The smallest absolute Gasteiger partial charge is 0.355 e. The minimum atomic E-state index is -1.13. The maximum Gasteiger partial charge on any atom is 0.355 e. The molecule has 2 amide bonds. The molecule has 19 heavy (non-hydrogen) atoms. The summed E-state index contributed by atoms with van der Waals surface area (Å²) >= 11 is 1.11. The number of thiazole rings is 1. The van der Waals surface area contributed by atoms with Crippen LogP contribution in [0.4, 0.5) is 5.13 Å². The molecule has 1 fully saturated rings. The van der Waals surface area contributed by atoms with E-state index in [1.165, 1.54) is 0 Å². The molecule has 102 valence electrons. The molecule has 6 nitrogen and oxygen atoms in total. The molecule has 1 aromatic rings. The Morgan fingerprint density at radius 1 is 1.37 bits per heavy atom. The second-order valence-corrected chi connectivity index (χ2v) is 5.86. The van der Waals surface area contributed by atoms with Crippen LogP contribution in [0, 0.1) is 5.92 Å². The molecule has 1 aliphatic heterocycles. The fourth-order valence-electron chi connectivity index (χ4n) is 1.90. The number of amides is 2. The van der Waals surface area contributed by atoms with E-state index in [0.29, 0.717) is 11.3 Å². The first-order chi connectivity index (χ1) is 8.90. The average molecular weight is 282 g/mol. The third-order valence-corrected chi connectivity index (χ3v) is 3.79. The topological polar surface area (TPSA) is 87.6 Å². The molecular formula is C12H14N2O4S. The van der Waals surface area contributed by atoms with Gasteiger partial charge in [0.25, 0.3) is 0 Å². The van der Waals surface area contributed by atoms with Crippen LogP contribution in [0.1, 0.15) is 42.1 Å². The number of carboxylic acid groups (broad SMARTS) is 1. The number of hydrogen-bond donors (Lipinski definition) is 1. The van der Waals surface area contributed by atoms with Gasteiger partial charge in [0.05, 0.1) is 0 Å². The average Bonchev–Trinajstić information content (AvgIpc) is 2.82. The van der Waals surface area contributed by atoms with Crippen LogP contribution in [0.25, 0.3) is 0 Å². The maximum atomic E-state index is 11.6. The van der Waals surface area contributed by atoms with Gasteiger partial charge in [-0.05, 0) is 12.3 Å². The van der Waals surface area contributed by atoms with Crippen LogP contribution in [0.2, 0.25) is 0 Å². The largest absolute Gasteiger partial charge is 0.476 e. The van der Waals surface area contributed by atoms with E-state index < -0.39 is 5.97 Å². The lowest BCUT2D eigenvalue weighted by Crippen LogP contribution is -2.28. The second kappa shape index (κ2) is 5.08. The standard InChI is InChI=1S/C12H14N2O4S/c1-6(2)5-7-10(11(17)18)13-12(19-7)14-8(15)3-4-9(14)16/h6H,3-5H2,1-2H3,(H,17,18). The fourth-order valence-corrected chi connectivity index (χ4v) is 3.20. The van der Waals surface area contributed by atoms with E-state index in [0.717, 1.165) is 16.2 Å². The van der Waals surface area contributed by atoms with Crippen LogP contribution < -0.4 is 4.90 Å². The summed E-state index contributed by atoms with van der Waals surface area (Å²) in [4.78, 5) is 39.9. The zero-order valence-electron chi connectivity index (χ0n) is 10.7. The number of hydrogen-bond acceptors (Lipinski definition) is 5. The van der Waals surface area contributed by atoms with Crippen molar-refractivity contribution >= 4 is 34.3 Å². The number of imide groups is 1. The molecule has 1 saturated heterocycles. The molecule has 0 spiro atoms. The summed E-state index contributed by atoms with van der Waals surface area (Å²) < 4.78 is 0. The van der Waals surface area contributed by atoms with Gasteiger partial charge < -0.3 is 5.11 Å². The molecule has 2 heterocycles. The van der Waals surface area contributed by atoms with Crippen LogP contribution in [-0.4, -0.2) is 27.9 Å². The lowest BCUT2D eigenvalue weighted by molar-refractivity contribution is -0.121. The van der Waals surface area contributed by atoms with Crippen molar-refractivity contribution in [3.05, 3.63) is 10.6 Å². The lowest BCUT2D eigenvalue weighted by atomic mass is 10.1. The number of aromatic carboxylic acids is 1. The van der Waals surface area contributed by atoms with Crippen LogP contribution in [0.15, 0.2) is 0 Å². The summed E-state index contributed by atoms with van der Waals surface area (Å²) in [5.41, 5.74) is -0.0544. The number of nitrogens with zero attached hydrogens (tertiary/aromatic N) is 2. The third-order valence-electron chi connectivity index (χ3n) is 2.73. The summed E-state index contributed by atoms with van der Waals surface area (Å²) in [5.74, 6) is -1.48. The van der Waals surface area contributed by atoms with E-state index in [2.05, 4.69) is 4.98 Å². The Balaban J connectivity index is 2.39. The van der Waals surface area contributed by atoms with Crippen molar-refractivity contribution in [2.75, 3.05) is 4.90 Å². The van der Waals surface area contributed by atoms with Gasteiger partial charge in [0.1, 0.15) is 0 Å². The predicted molar refractivity (Wildman–Crippen MR) is 69.3 cm³/mol. The molecular weight excluding hydrogens is 268 g/mol. The van der Waals surface area contributed by atoms with Crippen molar-refractivity contribution in [2.24, 2.45) is 5.92 Å². The van der Waals surface area contributed by atoms with Crippen molar-refractivity contribution in [3.8, 4) is 0 Å². The van der Waals surface area contributed by atoms with E-state index in [1.54, 1.807) is 0 Å². The minimum Gasteiger partial charge on any atom is -0.476 e. The Kier molecular flexibility index (Phi) is 3.66. The molecule has 0 unspecified atom stereocenters. The first kappa shape index (κ1) is 13.7. The molecule has 1 aliphatic rings. The van der Waals surface area contributed by atoms with Crippen molar-refractivity contribution in [2.45, 2.75) is 33.1 Å². The van der Waals surface area contributed by atoms with Gasteiger partial charge in [0, 0.05) is 17.7 Å². The number of carbonyl (C=O) groups is 3. The Bertz CT molecular complexity index is 534. The molecule has 0 atom stereocenters. The summed E-state index contributed by atoms with van der Waals surface area (Å²) in [6, 6.07) is 0. The summed E-state index contributed by atoms with van der Waals surface area (Å²) in [6.07, 6.45) is 0.899. The van der Waals surface area contributed by atoms with E-state index in [-0.39, 0.29) is 41.4 Å². The molecule has 0 aromatic carbocycles. The van der Waals surface area contributed by atoms with Gasteiger partial charge in [-0.25, -0.2) is 14.7 Å². The zero-order valence-corrected chi connectivity index (χ0v) is 11.5. The van der Waals surface area contributed by atoms with Crippen LogP contribution >= 0.6 is 11.3 Å². The number of anilines is 1. The highest BCUT2D eigenvalue weighted by Crippen LogP contribution is 2.31. The van der Waals surface area contributed by atoms with Crippen molar-refractivity contribution in [1.29, 1.82) is 0 Å². The number of carboxylic acids is 1. The van der Waals surface area contributed by atoms with Gasteiger partial charge in [-0.1, -0.05) is 13.8 Å². The molecule has 1 aromatic heterocycles. The number of carbonyl (C=O) groups excluding carboxylic acids is 2. The van der Waals surface area contributed by atoms with Gasteiger partial charge >= 0.3 is 5.97 Å². The predicted octanol–water partition coefficient (Wildman–Crippen LogP) is 1.69. The second-order valence-electron chi connectivity index (χ2n) is 4.79. The van der Waals surface area contributed by atoms with Crippen LogP contribution in [0.5, 0.6) is 0 Å². The highest BCUT2D eigenvalue weighted by atomic mass is 32.1. The Morgan fingerprint density at radius 2 is 1.95 bits per heavy atom. The molecule has 0 aliphatic carbocycles. The van der Waals surface area contributed by atoms with E-state index in [9.17, 15) is 14.4 Å². The SMILES string of the molecule is CC(C)Cc1sc(N2C(=O)CCC2=O)nc1C(=O)O. The normalized spacial score (nSPS) is 15.6. The Hall–Kier alpha value is -1.76. The highest BCUT2D eigenvalue weighted by molar-refractivity contribution is 7.16. The summed E-state index contributed by atoms with van der Waals surface area (Å²) in [7, 11) is 0. The monoisotopic (exact) mass is 282 g/mol. The summed E-state index contributed by atoms with van der Waals surface area (Å²) in [5, 5.41) is 9.30. The first-order valence-corrected chi connectivity index (χ1v) is 6.80. The molecule has 0 radical (unpaired) electrons. The van der Waals surface area contributed by atoms with Gasteiger partial charge in [0.15, 0.2) is 10.8 Å². The van der Waals surface area contributed by atoms with E-state index in [1.807, 2.05) is 13.8 Å². The van der Waals surface area contributed by atoms with Crippen molar-refractivity contribution in [1.82, 2.24) is 4.98 Å². The summed E-state index contributed by atoms with van der Waals surface area (Å²) in [6.45, 7) is 3.94. The van der Waals surface area contributed by atoms with Gasteiger partial charge in [0.2, 0.25) is 11.8 Å². The first-order valence-electron chi connectivity index (χ1n) is 5.99. The van der Waals surface area contributed by atoms with E-state index >= 15 is 0 Å². The van der Waals surface area contributed by atoms with Crippen molar-refractivity contribution in [3.63, 3.8) is 0 Å².